The molecule has 2 aliphatic heterocycles. The third-order valence-corrected chi connectivity index (χ3v) is 4.60. The molecule has 1 aromatic carbocycles. The summed E-state index contributed by atoms with van der Waals surface area (Å²) in [4.78, 5) is 36.0. The number of hydrogen-bond donors (Lipinski definition) is 0. The van der Waals surface area contributed by atoms with Crippen molar-refractivity contribution in [2.75, 3.05) is 4.90 Å². The van der Waals surface area contributed by atoms with Gasteiger partial charge in [-0.15, -0.1) is 0 Å². The number of imide groups is 1. The van der Waals surface area contributed by atoms with E-state index in [0.29, 0.717) is 21.7 Å². The molecule has 25 heavy (non-hydrogen) atoms. The van der Waals surface area contributed by atoms with E-state index < -0.39 is 23.2 Å². The Morgan fingerprint density at radius 3 is 2.60 bits per heavy atom. The number of anilines is 1. The van der Waals surface area contributed by atoms with Crippen molar-refractivity contribution in [3.8, 4) is 0 Å². The topological polar surface area (TPSA) is 71.9 Å². The van der Waals surface area contributed by atoms with E-state index in [4.69, 9.17) is 4.84 Å². The number of aromatic nitrogens is 1. The first-order valence-electron chi connectivity index (χ1n) is 7.49. The average molecular weight is 404 g/mol. The standard InChI is InChI=1S/C17H11BrFN3O3/c18-14-3-1-2-12(20-14)13-8-17(25-21-13)9-15(23)22(16(17)24)11-6-4-10(19)5-7-11/h1-7H,8-9H2/t17-/m1/s1. The molecule has 2 amide bonds. The summed E-state index contributed by atoms with van der Waals surface area (Å²) in [6.45, 7) is 0. The van der Waals surface area contributed by atoms with Crippen molar-refractivity contribution in [3.63, 3.8) is 0 Å². The summed E-state index contributed by atoms with van der Waals surface area (Å²) in [7, 11) is 0. The van der Waals surface area contributed by atoms with Gasteiger partial charge >= 0.3 is 0 Å². The van der Waals surface area contributed by atoms with Gasteiger partial charge in [-0.05, 0) is 52.3 Å². The second-order valence-corrected chi connectivity index (χ2v) is 6.65. The smallest absolute Gasteiger partial charge is 0.281 e. The van der Waals surface area contributed by atoms with E-state index in [-0.39, 0.29) is 12.8 Å². The first-order valence-corrected chi connectivity index (χ1v) is 8.29. The van der Waals surface area contributed by atoms with Crippen LogP contribution in [0, 0.1) is 5.82 Å². The maximum absolute atomic E-state index is 13.1. The summed E-state index contributed by atoms with van der Waals surface area (Å²) < 4.78 is 13.7. The minimum Gasteiger partial charge on any atom is -0.378 e. The Morgan fingerprint density at radius 1 is 1.12 bits per heavy atom. The van der Waals surface area contributed by atoms with Crippen LogP contribution < -0.4 is 4.90 Å². The van der Waals surface area contributed by atoms with Crippen molar-refractivity contribution in [3.05, 3.63) is 58.6 Å². The van der Waals surface area contributed by atoms with Crippen LogP contribution in [0.2, 0.25) is 0 Å². The normalized spacial score (nSPS) is 22.5. The summed E-state index contributed by atoms with van der Waals surface area (Å²) in [5.41, 5.74) is 0.0335. The monoisotopic (exact) mass is 403 g/mol. The van der Waals surface area contributed by atoms with E-state index >= 15 is 0 Å². The van der Waals surface area contributed by atoms with Gasteiger partial charge in [0.1, 0.15) is 16.1 Å². The number of rotatable bonds is 2. The molecule has 1 fully saturated rings. The maximum atomic E-state index is 13.1. The lowest BCUT2D eigenvalue weighted by molar-refractivity contribution is -0.136. The van der Waals surface area contributed by atoms with E-state index in [1.807, 2.05) is 0 Å². The van der Waals surface area contributed by atoms with Crippen LogP contribution in [0.25, 0.3) is 0 Å². The maximum Gasteiger partial charge on any atom is 0.281 e. The van der Waals surface area contributed by atoms with Crippen LogP contribution in [0.1, 0.15) is 18.5 Å². The number of amides is 2. The average Bonchev–Trinajstić information content (AvgIpc) is 3.11. The summed E-state index contributed by atoms with van der Waals surface area (Å²) in [6, 6.07) is 10.5. The molecule has 0 saturated carbocycles. The Kier molecular flexibility index (Phi) is 3.64. The molecule has 2 aromatic rings. The molecule has 1 spiro atoms. The van der Waals surface area contributed by atoms with Gasteiger partial charge in [0, 0.05) is 6.42 Å². The number of carbonyl (C=O) groups is 2. The van der Waals surface area contributed by atoms with Crippen LogP contribution in [0.4, 0.5) is 10.1 Å². The van der Waals surface area contributed by atoms with Gasteiger partial charge in [0.05, 0.1) is 17.8 Å². The molecule has 6 nitrogen and oxygen atoms in total. The van der Waals surface area contributed by atoms with Crippen molar-refractivity contribution in [1.29, 1.82) is 0 Å². The van der Waals surface area contributed by atoms with Crippen molar-refractivity contribution in [1.82, 2.24) is 4.98 Å². The van der Waals surface area contributed by atoms with Crippen LogP contribution in [0.5, 0.6) is 0 Å². The van der Waals surface area contributed by atoms with Gasteiger partial charge in [-0.3, -0.25) is 9.59 Å². The van der Waals surface area contributed by atoms with E-state index in [1.165, 1.54) is 24.3 Å². The predicted octanol–water partition coefficient (Wildman–Crippen LogP) is 2.81. The minimum atomic E-state index is -1.36. The lowest BCUT2D eigenvalue weighted by Gasteiger charge is -2.19. The highest BCUT2D eigenvalue weighted by Gasteiger charge is 2.58. The lowest BCUT2D eigenvalue weighted by atomic mass is 9.94. The Balaban J connectivity index is 1.61. The molecule has 4 rings (SSSR count). The molecule has 126 valence electrons. The SMILES string of the molecule is O=C1C[C@]2(CC(c3cccc(Br)n3)=NO2)C(=O)N1c1ccc(F)cc1. The zero-order valence-electron chi connectivity index (χ0n) is 12.8. The van der Waals surface area contributed by atoms with Gasteiger partial charge in [0.15, 0.2) is 0 Å². The molecule has 8 heteroatoms. The summed E-state index contributed by atoms with van der Waals surface area (Å²) >= 11 is 3.28. The van der Waals surface area contributed by atoms with Gasteiger partial charge in [0.25, 0.3) is 5.91 Å². The van der Waals surface area contributed by atoms with E-state index in [1.54, 1.807) is 18.2 Å². The summed E-state index contributed by atoms with van der Waals surface area (Å²) in [5, 5.41) is 3.98. The number of hydrogen-bond acceptors (Lipinski definition) is 5. The summed E-state index contributed by atoms with van der Waals surface area (Å²) in [6.07, 6.45) is 0.0307. The van der Waals surface area contributed by atoms with Gasteiger partial charge < -0.3 is 4.84 Å². The molecule has 0 bridgehead atoms. The Hall–Kier alpha value is -2.61. The van der Waals surface area contributed by atoms with Gasteiger partial charge in [0.2, 0.25) is 11.5 Å². The predicted molar refractivity (Wildman–Crippen MR) is 90.4 cm³/mol. The van der Waals surface area contributed by atoms with E-state index in [9.17, 15) is 14.0 Å². The number of pyridine rings is 1. The number of halogens is 2. The number of benzene rings is 1. The highest BCUT2D eigenvalue weighted by Crippen LogP contribution is 2.39. The Labute approximate surface area is 150 Å². The first kappa shape index (κ1) is 15.9. The second kappa shape index (κ2) is 5.73. The van der Waals surface area contributed by atoms with Gasteiger partial charge in [-0.25, -0.2) is 14.3 Å². The fraction of sp³-hybridized carbons (Fsp3) is 0.176. The fourth-order valence-electron chi connectivity index (χ4n) is 2.96. The largest absolute Gasteiger partial charge is 0.378 e. The number of oxime groups is 1. The molecular weight excluding hydrogens is 393 g/mol. The van der Waals surface area contributed by atoms with Crippen molar-refractivity contribution < 1.29 is 18.8 Å². The van der Waals surface area contributed by atoms with Crippen molar-refractivity contribution in [2.45, 2.75) is 18.4 Å². The van der Waals surface area contributed by atoms with Crippen LogP contribution in [-0.4, -0.2) is 28.1 Å². The molecule has 0 unspecified atom stereocenters. The van der Waals surface area contributed by atoms with Crippen LogP contribution >= 0.6 is 15.9 Å². The molecule has 1 saturated heterocycles. The third-order valence-electron chi connectivity index (χ3n) is 4.16. The van der Waals surface area contributed by atoms with Crippen LogP contribution in [-0.2, 0) is 14.4 Å². The molecule has 3 heterocycles. The van der Waals surface area contributed by atoms with Crippen LogP contribution in [0.15, 0.2) is 52.2 Å². The third kappa shape index (κ3) is 2.62. The Morgan fingerprint density at radius 2 is 1.88 bits per heavy atom. The Bertz CT molecular complexity index is 916. The fourth-order valence-corrected chi connectivity index (χ4v) is 3.30. The van der Waals surface area contributed by atoms with Crippen molar-refractivity contribution >= 4 is 39.1 Å². The lowest BCUT2D eigenvalue weighted by Crippen LogP contribution is -2.40. The minimum absolute atomic E-state index is 0.121. The molecule has 2 aliphatic rings. The quantitative estimate of drug-likeness (QED) is 0.570. The van der Waals surface area contributed by atoms with Crippen molar-refractivity contribution in [2.24, 2.45) is 5.16 Å². The zero-order valence-corrected chi connectivity index (χ0v) is 14.4. The highest BCUT2D eigenvalue weighted by molar-refractivity contribution is 9.10. The van der Waals surface area contributed by atoms with E-state index in [0.717, 1.165) is 4.90 Å². The molecule has 0 N–H and O–H groups in total. The number of carbonyl (C=O) groups excluding carboxylic acids is 2. The molecular formula is C17H11BrFN3O3. The van der Waals surface area contributed by atoms with Crippen LogP contribution in [0.3, 0.4) is 0 Å². The molecule has 0 radical (unpaired) electrons. The van der Waals surface area contributed by atoms with E-state index in [2.05, 4.69) is 26.1 Å². The number of nitrogens with zero attached hydrogens (tertiary/aromatic N) is 3. The molecule has 0 aliphatic carbocycles. The molecule has 1 atom stereocenters. The highest BCUT2D eigenvalue weighted by atomic mass is 79.9. The second-order valence-electron chi connectivity index (χ2n) is 5.83. The van der Waals surface area contributed by atoms with Gasteiger partial charge in [-0.2, -0.15) is 0 Å². The first-order chi connectivity index (χ1) is 12.0. The summed E-state index contributed by atoms with van der Waals surface area (Å²) in [5.74, 6) is -1.35. The van der Waals surface area contributed by atoms with Gasteiger partial charge in [-0.1, -0.05) is 11.2 Å². The molecule has 1 aromatic heterocycles. The zero-order chi connectivity index (χ0) is 17.6.